The summed E-state index contributed by atoms with van der Waals surface area (Å²) < 4.78 is 9.07. The Morgan fingerprint density at radius 1 is 1.09 bits per heavy atom. The summed E-state index contributed by atoms with van der Waals surface area (Å²) in [5, 5.41) is 0. The minimum Gasteiger partial charge on any atom is -0.469 e. The molecule has 0 saturated heterocycles. The highest BCUT2D eigenvalue weighted by Crippen LogP contribution is 2.01. The molecule has 126 valence electrons. The predicted molar refractivity (Wildman–Crippen MR) is 86.7 cm³/mol. The van der Waals surface area contributed by atoms with Gasteiger partial charge in [-0.3, -0.25) is 24.5 Å². The van der Waals surface area contributed by atoms with E-state index in [0.717, 1.165) is 6.54 Å². The van der Waals surface area contributed by atoms with Crippen LogP contribution < -0.4 is 0 Å². The monoisotopic (exact) mass is 313 g/mol. The van der Waals surface area contributed by atoms with Gasteiger partial charge in [0, 0.05) is 25.0 Å². The van der Waals surface area contributed by atoms with Gasteiger partial charge in [-0.25, -0.2) is 0 Å². The molecule has 2 atom stereocenters. The van der Waals surface area contributed by atoms with E-state index in [1.54, 1.807) is 12.4 Å². The normalized spacial score (nSPS) is 14.5. The van der Waals surface area contributed by atoms with Gasteiger partial charge in [0.15, 0.2) is 0 Å². The summed E-state index contributed by atoms with van der Waals surface area (Å²) in [7, 11) is 4.71. The van der Waals surface area contributed by atoms with Crippen molar-refractivity contribution < 1.29 is 19.1 Å². The maximum Gasteiger partial charge on any atom is 0.310 e. The van der Waals surface area contributed by atoms with Gasteiger partial charge in [0.25, 0.3) is 0 Å². The van der Waals surface area contributed by atoms with Gasteiger partial charge in [-0.2, -0.15) is 0 Å². The first-order chi connectivity index (χ1) is 10.4. The molecule has 22 heavy (non-hydrogen) atoms. The number of hydrogen-bond acceptors (Lipinski definition) is 7. The van der Waals surface area contributed by atoms with Gasteiger partial charge < -0.3 is 9.47 Å². The van der Waals surface area contributed by atoms with Gasteiger partial charge in [0.1, 0.15) is 0 Å². The standard InChI is InChI=1S/C15H27N3O4/c1-12(17-9-7-15(20)22-5)11-18(3)13(2)10-16-8-6-14(19)21-4/h8-9,12-13H,6-7,10-11H2,1-5H3. The first-order valence-corrected chi connectivity index (χ1v) is 7.24. The summed E-state index contributed by atoms with van der Waals surface area (Å²) in [5.74, 6) is -0.587. The van der Waals surface area contributed by atoms with Crippen molar-refractivity contribution in [3.63, 3.8) is 0 Å². The van der Waals surface area contributed by atoms with E-state index in [1.807, 2.05) is 14.0 Å². The number of hydrogen-bond donors (Lipinski definition) is 0. The van der Waals surface area contributed by atoms with E-state index in [1.165, 1.54) is 14.2 Å². The van der Waals surface area contributed by atoms with E-state index in [0.29, 0.717) is 6.54 Å². The smallest absolute Gasteiger partial charge is 0.310 e. The summed E-state index contributed by atoms with van der Waals surface area (Å²) >= 11 is 0. The van der Waals surface area contributed by atoms with Crippen molar-refractivity contribution in [2.75, 3.05) is 34.4 Å². The maximum atomic E-state index is 11.0. The zero-order chi connectivity index (χ0) is 17.0. The molecule has 0 N–H and O–H groups in total. The fourth-order valence-corrected chi connectivity index (χ4v) is 1.62. The number of likely N-dealkylation sites (N-methyl/N-ethyl adjacent to an activating group) is 1. The second-order valence-electron chi connectivity index (χ2n) is 5.08. The Kier molecular flexibility index (Phi) is 10.9. The molecule has 7 heteroatoms. The molecule has 0 amide bonds. The molecule has 0 bridgehead atoms. The molecule has 0 radical (unpaired) electrons. The lowest BCUT2D eigenvalue weighted by Gasteiger charge is -2.24. The van der Waals surface area contributed by atoms with Crippen LogP contribution in [0, 0.1) is 0 Å². The van der Waals surface area contributed by atoms with E-state index in [9.17, 15) is 9.59 Å². The third-order valence-corrected chi connectivity index (χ3v) is 3.13. The van der Waals surface area contributed by atoms with Crippen LogP contribution in [0.5, 0.6) is 0 Å². The summed E-state index contributed by atoms with van der Waals surface area (Å²) in [6.45, 7) is 5.40. The number of carbonyl (C=O) groups is 2. The first-order valence-electron chi connectivity index (χ1n) is 7.24. The second-order valence-corrected chi connectivity index (χ2v) is 5.08. The van der Waals surface area contributed by atoms with Crippen LogP contribution in [-0.2, 0) is 19.1 Å². The van der Waals surface area contributed by atoms with E-state index in [4.69, 9.17) is 0 Å². The third kappa shape index (κ3) is 10.0. The minimum atomic E-state index is -0.294. The average molecular weight is 313 g/mol. The van der Waals surface area contributed by atoms with Crippen molar-refractivity contribution in [3.05, 3.63) is 0 Å². The van der Waals surface area contributed by atoms with Gasteiger partial charge in [0.2, 0.25) is 0 Å². The van der Waals surface area contributed by atoms with E-state index in [-0.39, 0.29) is 36.9 Å². The highest BCUT2D eigenvalue weighted by Gasteiger charge is 2.11. The molecule has 0 aromatic rings. The summed E-state index contributed by atoms with van der Waals surface area (Å²) in [5.41, 5.74) is 0. The first kappa shape index (κ1) is 20.2. The Hall–Kier alpha value is -1.76. The SMILES string of the molecule is COC(=O)CC=NCC(C)N(C)CC(C)N=CCC(=O)OC. The number of carbonyl (C=O) groups excluding carboxylic acids is 2. The largest absolute Gasteiger partial charge is 0.469 e. The fourth-order valence-electron chi connectivity index (χ4n) is 1.62. The van der Waals surface area contributed by atoms with Crippen LogP contribution in [0.2, 0.25) is 0 Å². The Morgan fingerprint density at radius 3 is 2.18 bits per heavy atom. The number of nitrogens with zero attached hydrogens (tertiary/aromatic N) is 3. The van der Waals surface area contributed by atoms with Crippen LogP contribution in [-0.4, -0.2) is 75.7 Å². The maximum absolute atomic E-state index is 11.0. The number of ether oxygens (including phenoxy) is 2. The van der Waals surface area contributed by atoms with Crippen molar-refractivity contribution >= 4 is 24.4 Å². The van der Waals surface area contributed by atoms with Crippen molar-refractivity contribution in [2.45, 2.75) is 38.8 Å². The van der Waals surface area contributed by atoms with Crippen LogP contribution >= 0.6 is 0 Å². The highest BCUT2D eigenvalue weighted by molar-refractivity contribution is 5.86. The van der Waals surface area contributed by atoms with E-state index in [2.05, 4.69) is 31.3 Å². The molecule has 7 nitrogen and oxygen atoms in total. The van der Waals surface area contributed by atoms with Crippen molar-refractivity contribution in [3.8, 4) is 0 Å². The Bertz CT molecular complexity index is 396. The molecule has 0 rings (SSSR count). The molecule has 0 aliphatic rings. The Balaban J connectivity index is 4.05. The Morgan fingerprint density at radius 2 is 1.64 bits per heavy atom. The topological polar surface area (TPSA) is 80.6 Å². The lowest BCUT2D eigenvalue weighted by atomic mass is 10.2. The zero-order valence-electron chi connectivity index (χ0n) is 14.1. The molecule has 0 aliphatic heterocycles. The number of methoxy groups -OCH3 is 2. The molecule has 0 aliphatic carbocycles. The fraction of sp³-hybridized carbons (Fsp3) is 0.733. The molecule has 0 aromatic heterocycles. The minimum absolute atomic E-state index is 0.0798. The quantitative estimate of drug-likeness (QED) is 0.443. The lowest BCUT2D eigenvalue weighted by molar-refractivity contribution is -0.139. The molecule has 2 unspecified atom stereocenters. The van der Waals surface area contributed by atoms with Crippen molar-refractivity contribution in [2.24, 2.45) is 9.98 Å². The summed E-state index contributed by atoms with van der Waals surface area (Å²) in [6, 6.07) is 0.309. The van der Waals surface area contributed by atoms with Gasteiger partial charge in [0.05, 0.1) is 39.6 Å². The molecule has 0 spiro atoms. The van der Waals surface area contributed by atoms with Gasteiger partial charge in [-0.1, -0.05) is 0 Å². The Labute approximate surface area is 132 Å². The number of rotatable bonds is 10. The van der Waals surface area contributed by atoms with Crippen LogP contribution in [0.15, 0.2) is 9.98 Å². The van der Waals surface area contributed by atoms with Crippen molar-refractivity contribution in [1.29, 1.82) is 0 Å². The molecule has 0 fully saturated rings. The van der Waals surface area contributed by atoms with E-state index >= 15 is 0 Å². The highest BCUT2D eigenvalue weighted by atomic mass is 16.5. The van der Waals surface area contributed by atoms with Crippen LogP contribution in [0.25, 0.3) is 0 Å². The second kappa shape index (κ2) is 11.9. The van der Waals surface area contributed by atoms with Crippen LogP contribution in [0.4, 0.5) is 0 Å². The molecule has 0 saturated carbocycles. The van der Waals surface area contributed by atoms with Gasteiger partial charge >= 0.3 is 11.9 Å². The molecular weight excluding hydrogens is 286 g/mol. The zero-order valence-corrected chi connectivity index (χ0v) is 14.1. The average Bonchev–Trinajstić information content (AvgIpc) is 2.50. The third-order valence-electron chi connectivity index (χ3n) is 3.13. The summed E-state index contributed by atoms with van der Waals surface area (Å²) in [4.78, 5) is 32.6. The lowest BCUT2D eigenvalue weighted by Crippen LogP contribution is -2.36. The van der Waals surface area contributed by atoms with E-state index < -0.39 is 0 Å². The molecule has 0 aromatic carbocycles. The number of esters is 2. The van der Waals surface area contributed by atoms with Gasteiger partial charge in [-0.05, 0) is 20.9 Å². The van der Waals surface area contributed by atoms with Crippen molar-refractivity contribution in [1.82, 2.24) is 4.90 Å². The summed E-state index contributed by atoms with van der Waals surface area (Å²) in [6.07, 6.45) is 3.55. The van der Waals surface area contributed by atoms with Gasteiger partial charge in [-0.15, -0.1) is 0 Å². The number of aliphatic imine (C=N–C) groups is 2. The molecular formula is C15H27N3O4. The van der Waals surface area contributed by atoms with Crippen LogP contribution in [0.1, 0.15) is 26.7 Å². The predicted octanol–water partition coefficient (Wildman–Crippen LogP) is 0.963. The molecule has 0 heterocycles. The van der Waals surface area contributed by atoms with Crippen LogP contribution in [0.3, 0.4) is 0 Å².